The van der Waals surface area contributed by atoms with Crippen molar-refractivity contribution in [3.05, 3.63) is 69.8 Å². The minimum Gasteiger partial charge on any atom is -0.480 e. The van der Waals surface area contributed by atoms with Gasteiger partial charge in [0.25, 0.3) is 0 Å². The van der Waals surface area contributed by atoms with Crippen molar-refractivity contribution in [2.45, 2.75) is 53.0 Å². The van der Waals surface area contributed by atoms with E-state index in [1.807, 2.05) is 57.2 Å². The van der Waals surface area contributed by atoms with Gasteiger partial charge in [-0.2, -0.15) is 0 Å². The number of carboxylic acid groups (broad SMARTS) is 1. The van der Waals surface area contributed by atoms with Crippen LogP contribution in [0.15, 0.2) is 56.1 Å². The first-order valence-corrected chi connectivity index (χ1v) is 12.9. The van der Waals surface area contributed by atoms with Crippen LogP contribution < -0.4 is 16.3 Å². The van der Waals surface area contributed by atoms with Crippen LogP contribution in [0.25, 0.3) is 33.1 Å². The molecule has 2 unspecified atom stereocenters. The molecular formula is C30H32N2O7. The number of carboxylic acids is 1. The molecule has 0 bridgehead atoms. The third-order valence-electron chi connectivity index (χ3n) is 7.18. The van der Waals surface area contributed by atoms with Crippen LogP contribution >= 0.6 is 0 Å². The highest BCUT2D eigenvalue weighted by atomic mass is 16.4. The second kappa shape index (κ2) is 11.6. The van der Waals surface area contributed by atoms with Crippen molar-refractivity contribution in [3.63, 3.8) is 0 Å². The molecule has 9 nitrogen and oxygen atoms in total. The van der Waals surface area contributed by atoms with Gasteiger partial charge in [0.2, 0.25) is 11.8 Å². The Hall–Kier alpha value is -4.40. The SMILES string of the molecule is CCC(C)C(NC(=O)CNC(=O)CCc1c(C)c2cc3c(-c4ccccc4)c(C)oc3cc2oc1=O)C(=O)O. The van der Waals surface area contributed by atoms with E-state index in [0.717, 1.165) is 27.7 Å². The number of hydrogen-bond donors (Lipinski definition) is 3. The number of nitrogens with one attached hydrogen (secondary N) is 2. The van der Waals surface area contributed by atoms with Gasteiger partial charge in [-0.1, -0.05) is 50.6 Å². The van der Waals surface area contributed by atoms with Gasteiger partial charge >= 0.3 is 11.6 Å². The van der Waals surface area contributed by atoms with Gasteiger partial charge in [0.15, 0.2) is 0 Å². The van der Waals surface area contributed by atoms with Gasteiger partial charge in [0.1, 0.15) is 23.0 Å². The fourth-order valence-electron chi connectivity index (χ4n) is 4.77. The summed E-state index contributed by atoms with van der Waals surface area (Å²) in [6.07, 6.45) is 0.660. The second-order valence-corrected chi connectivity index (χ2v) is 9.78. The summed E-state index contributed by atoms with van der Waals surface area (Å²) in [5.41, 5.74) is 3.56. The molecule has 4 rings (SSSR count). The van der Waals surface area contributed by atoms with Crippen LogP contribution in [0.5, 0.6) is 0 Å². The maximum absolute atomic E-state index is 12.8. The molecule has 2 aromatic heterocycles. The van der Waals surface area contributed by atoms with E-state index in [-0.39, 0.29) is 25.3 Å². The number of fused-ring (bicyclic) bond motifs is 2. The number of carbonyl (C=O) groups is 3. The van der Waals surface area contributed by atoms with E-state index in [0.29, 0.717) is 28.7 Å². The highest BCUT2D eigenvalue weighted by molar-refractivity contribution is 6.03. The van der Waals surface area contributed by atoms with Crippen molar-refractivity contribution in [2.24, 2.45) is 5.92 Å². The molecule has 9 heteroatoms. The molecule has 0 saturated carbocycles. The Bertz CT molecular complexity index is 1600. The summed E-state index contributed by atoms with van der Waals surface area (Å²) in [5, 5.41) is 15.9. The van der Waals surface area contributed by atoms with E-state index in [4.69, 9.17) is 8.83 Å². The molecule has 0 spiro atoms. The highest BCUT2D eigenvalue weighted by Gasteiger charge is 2.25. The van der Waals surface area contributed by atoms with Crippen LogP contribution in [0.2, 0.25) is 0 Å². The molecule has 0 radical (unpaired) electrons. The molecule has 204 valence electrons. The van der Waals surface area contributed by atoms with Crippen molar-refractivity contribution in [2.75, 3.05) is 6.54 Å². The summed E-state index contributed by atoms with van der Waals surface area (Å²) < 4.78 is 11.6. The Balaban J connectivity index is 1.50. The fourth-order valence-corrected chi connectivity index (χ4v) is 4.77. The van der Waals surface area contributed by atoms with E-state index in [9.17, 15) is 24.3 Å². The van der Waals surface area contributed by atoms with Gasteiger partial charge in [0, 0.05) is 34.4 Å². The molecule has 2 amide bonds. The predicted octanol–water partition coefficient (Wildman–Crippen LogP) is 4.49. The molecule has 4 aromatic rings. The molecule has 39 heavy (non-hydrogen) atoms. The number of amides is 2. The summed E-state index contributed by atoms with van der Waals surface area (Å²) in [5.74, 6) is -1.65. The normalized spacial score (nSPS) is 12.8. The van der Waals surface area contributed by atoms with Crippen LogP contribution in [-0.2, 0) is 20.8 Å². The maximum atomic E-state index is 12.8. The van der Waals surface area contributed by atoms with E-state index in [2.05, 4.69) is 10.6 Å². The zero-order valence-corrected chi connectivity index (χ0v) is 22.4. The molecule has 0 fully saturated rings. The van der Waals surface area contributed by atoms with Gasteiger partial charge in [-0.25, -0.2) is 9.59 Å². The van der Waals surface area contributed by atoms with Gasteiger partial charge < -0.3 is 24.6 Å². The Morgan fingerprint density at radius 1 is 0.974 bits per heavy atom. The van der Waals surface area contributed by atoms with Crippen molar-refractivity contribution in [1.29, 1.82) is 0 Å². The molecular weight excluding hydrogens is 500 g/mol. The van der Waals surface area contributed by atoms with Crippen LogP contribution in [0.4, 0.5) is 0 Å². The lowest BCUT2D eigenvalue weighted by Crippen LogP contribution is -2.48. The van der Waals surface area contributed by atoms with E-state index >= 15 is 0 Å². The van der Waals surface area contributed by atoms with Gasteiger partial charge in [-0.3, -0.25) is 9.59 Å². The second-order valence-electron chi connectivity index (χ2n) is 9.78. The Labute approximate surface area is 225 Å². The molecule has 2 aromatic carbocycles. The zero-order chi connectivity index (χ0) is 28.3. The summed E-state index contributed by atoms with van der Waals surface area (Å²) >= 11 is 0. The van der Waals surface area contributed by atoms with Crippen LogP contribution in [-0.4, -0.2) is 35.5 Å². The van der Waals surface area contributed by atoms with Gasteiger partial charge in [-0.05, 0) is 43.4 Å². The average molecular weight is 533 g/mol. The number of benzene rings is 2. The monoisotopic (exact) mass is 532 g/mol. The van der Waals surface area contributed by atoms with Crippen molar-refractivity contribution in [3.8, 4) is 11.1 Å². The average Bonchev–Trinajstić information content (AvgIpc) is 3.23. The van der Waals surface area contributed by atoms with E-state index in [1.165, 1.54) is 0 Å². The lowest BCUT2D eigenvalue weighted by molar-refractivity contribution is -0.143. The first-order chi connectivity index (χ1) is 18.6. The molecule has 2 heterocycles. The standard InChI is InChI=1S/C30H32N2O7/c1-5-16(2)28(29(35)36)32-26(34)15-31-25(33)12-11-20-17(3)21-13-22-24(14-23(21)39-30(20)37)38-18(4)27(22)19-9-7-6-8-10-19/h6-10,13-14,16,28H,5,11-12,15H2,1-4H3,(H,31,33)(H,32,34)(H,35,36). The first-order valence-electron chi connectivity index (χ1n) is 12.9. The smallest absolute Gasteiger partial charge is 0.339 e. The van der Waals surface area contributed by atoms with Crippen molar-refractivity contribution >= 4 is 39.7 Å². The third kappa shape index (κ3) is 5.87. The topological polar surface area (TPSA) is 139 Å². The van der Waals surface area contributed by atoms with E-state index < -0.39 is 29.5 Å². The Morgan fingerprint density at radius 2 is 1.67 bits per heavy atom. The maximum Gasteiger partial charge on any atom is 0.339 e. The lowest BCUT2D eigenvalue weighted by Gasteiger charge is -2.20. The molecule has 3 N–H and O–H groups in total. The minimum atomic E-state index is -1.12. The largest absolute Gasteiger partial charge is 0.480 e. The van der Waals surface area contributed by atoms with E-state index in [1.54, 1.807) is 13.0 Å². The zero-order valence-electron chi connectivity index (χ0n) is 22.4. The summed E-state index contributed by atoms with van der Waals surface area (Å²) in [6, 6.07) is 12.5. The van der Waals surface area contributed by atoms with Gasteiger partial charge in [0.05, 0.1) is 6.54 Å². The van der Waals surface area contributed by atoms with Crippen molar-refractivity contribution < 1.29 is 28.3 Å². The minimum absolute atomic E-state index is 0.0412. The quantitative estimate of drug-likeness (QED) is 0.256. The number of carbonyl (C=O) groups excluding carboxylic acids is 2. The summed E-state index contributed by atoms with van der Waals surface area (Å²) in [6.45, 7) is 6.93. The summed E-state index contributed by atoms with van der Waals surface area (Å²) in [7, 11) is 0. The molecule has 0 aliphatic carbocycles. The predicted molar refractivity (Wildman–Crippen MR) is 148 cm³/mol. The third-order valence-corrected chi connectivity index (χ3v) is 7.18. The Kier molecular flexibility index (Phi) is 8.18. The molecule has 0 saturated heterocycles. The molecule has 0 aliphatic heterocycles. The highest BCUT2D eigenvalue weighted by Crippen LogP contribution is 2.37. The molecule has 0 aliphatic rings. The lowest BCUT2D eigenvalue weighted by atomic mass is 9.98. The Morgan fingerprint density at radius 3 is 2.33 bits per heavy atom. The van der Waals surface area contributed by atoms with Gasteiger partial charge in [-0.15, -0.1) is 0 Å². The number of hydrogen-bond acceptors (Lipinski definition) is 6. The number of aliphatic carboxylic acids is 1. The van der Waals surface area contributed by atoms with Crippen LogP contribution in [0.1, 0.15) is 43.6 Å². The number of furan rings is 1. The van der Waals surface area contributed by atoms with Crippen LogP contribution in [0.3, 0.4) is 0 Å². The number of aryl methyl sites for hydroxylation is 2. The first kappa shape index (κ1) is 27.6. The van der Waals surface area contributed by atoms with Crippen LogP contribution in [0, 0.1) is 19.8 Å². The molecule has 2 atom stereocenters. The summed E-state index contributed by atoms with van der Waals surface area (Å²) in [4.78, 5) is 48.8. The number of rotatable bonds is 10. The van der Waals surface area contributed by atoms with Crippen molar-refractivity contribution in [1.82, 2.24) is 10.6 Å². The fraction of sp³-hybridized carbons (Fsp3) is 0.333.